The molecule has 2 N–H and O–H groups in total. The van der Waals surface area contributed by atoms with Crippen molar-refractivity contribution >= 4 is 12.4 Å². The van der Waals surface area contributed by atoms with Gasteiger partial charge in [0.05, 0.1) is 12.3 Å². The maximum atomic E-state index is 5.94. The van der Waals surface area contributed by atoms with Crippen LogP contribution in [-0.2, 0) is 13.0 Å². The zero-order valence-corrected chi connectivity index (χ0v) is 16.9. The van der Waals surface area contributed by atoms with Gasteiger partial charge in [0.25, 0.3) is 0 Å². The number of rotatable bonds is 5. The molecule has 152 valence electrons. The molecule has 0 radical (unpaired) electrons. The van der Waals surface area contributed by atoms with Gasteiger partial charge in [-0.05, 0) is 53.1 Å². The number of piperidine rings is 1. The van der Waals surface area contributed by atoms with Crippen molar-refractivity contribution in [1.29, 1.82) is 0 Å². The van der Waals surface area contributed by atoms with Gasteiger partial charge in [-0.25, -0.2) is 4.68 Å². The van der Waals surface area contributed by atoms with Crippen molar-refractivity contribution < 1.29 is 4.74 Å². The summed E-state index contributed by atoms with van der Waals surface area (Å²) >= 11 is 0. The van der Waals surface area contributed by atoms with E-state index in [9.17, 15) is 0 Å². The lowest BCUT2D eigenvalue weighted by molar-refractivity contribution is 0.301. The van der Waals surface area contributed by atoms with Crippen LogP contribution in [0, 0.1) is 0 Å². The van der Waals surface area contributed by atoms with Crippen molar-refractivity contribution in [3.63, 3.8) is 0 Å². The van der Waals surface area contributed by atoms with Gasteiger partial charge in [-0.15, -0.1) is 17.5 Å². The third-order valence-electron chi connectivity index (χ3n) is 5.63. The molecule has 7 nitrogen and oxygen atoms in total. The first-order valence-electron chi connectivity index (χ1n) is 9.92. The Kier molecular flexibility index (Phi) is 6.08. The van der Waals surface area contributed by atoms with Crippen LogP contribution in [0.15, 0.2) is 48.8 Å². The van der Waals surface area contributed by atoms with Gasteiger partial charge in [0.15, 0.2) is 0 Å². The van der Waals surface area contributed by atoms with Gasteiger partial charge in [-0.3, -0.25) is 0 Å². The Bertz CT molecular complexity index is 934. The summed E-state index contributed by atoms with van der Waals surface area (Å²) in [5.74, 6) is 1.02. The molecule has 29 heavy (non-hydrogen) atoms. The van der Waals surface area contributed by atoms with E-state index in [1.54, 1.807) is 11.0 Å². The standard InChI is InChI=1S/C21H24N6O.ClH/c1-2-5-15(6-3-1)20-19(7-4-9-22-20)23-13-17-12-18(27-14-24-25-26-27)11-16-8-10-28-21(16)17;/h1-3,5-6,11-12,14,19-20,22-23H,4,7-10,13H2;1H/t19-,20-;/m0./s1. The summed E-state index contributed by atoms with van der Waals surface area (Å²) in [5, 5.41) is 19.0. The smallest absolute Gasteiger partial charge is 0.143 e. The predicted molar refractivity (Wildman–Crippen MR) is 113 cm³/mol. The first-order chi connectivity index (χ1) is 13.9. The van der Waals surface area contributed by atoms with Crippen molar-refractivity contribution in [2.75, 3.05) is 13.2 Å². The highest BCUT2D eigenvalue weighted by Gasteiger charge is 2.26. The molecule has 1 fully saturated rings. The molecular weight excluding hydrogens is 388 g/mol. The highest BCUT2D eigenvalue weighted by Crippen LogP contribution is 2.33. The van der Waals surface area contributed by atoms with Crippen molar-refractivity contribution in [2.24, 2.45) is 0 Å². The molecule has 0 aliphatic carbocycles. The monoisotopic (exact) mass is 412 g/mol. The maximum absolute atomic E-state index is 5.94. The Labute approximate surface area is 176 Å². The van der Waals surface area contributed by atoms with Crippen LogP contribution in [-0.4, -0.2) is 39.4 Å². The van der Waals surface area contributed by atoms with Crippen LogP contribution in [0.4, 0.5) is 0 Å². The van der Waals surface area contributed by atoms with Crippen LogP contribution in [0.25, 0.3) is 5.69 Å². The minimum Gasteiger partial charge on any atom is -0.493 e. The minimum atomic E-state index is 0. The number of aromatic nitrogens is 4. The fourth-order valence-electron chi connectivity index (χ4n) is 4.27. The third-order valence-corrected chi connectivity index (χ3v) is 5.63. The zero-order valence-electron chi connectivity index (χ0n) is 16.1. The number of tetrazole rings is 1. The van der Waals surface area contributed by atoms with E-state index in [0.717, 1.165) is 49.5 Å². The summed E-state index contributed by atoms with van der Waals surface area (Å²) in [6.07, 6.45) is 4.89. The van der Waals surface area contributed by atoms with Gasteiger partial charge in [0.1, 0.15) is 12.1 Å². The van der Waals surface area contributed by atoms with E-state index < -0.39 is 0 Å². The van der Waals surface area contributed by atoms with Crippen LogP contribution in [0.5, 0.6) is 5.75 Å². The van der Waals surface area contributed by atoms with Crippen molar-refractivity contribution in [1.82, 2.24) is 30.8 Å². The van der Waals surface area contributed by atoms with Gasteiger partial charge in [-0.1, -0.05) is 30.3 Å². The van der Waals surface area contributed by atoms with Crippen LogP contribution >= 0.6 is 12.4 Å². The Hall–Kier alpha value is -2.48. The Balaban J connectivity index is 0.00000205. The number of benzene rings is 2. The van der Waals surface area contributed by atoms with Crippen molar-refractivity contribution in [2.45, 2.75) is 37.9 Å². The van der Waals surface area contributed by atoms with Gasteiger partial charge >= 0.3 is 0 Å². The van der Waals surface area contributed by atoms with Crippen LogP contribution < -0.4 is 15.4 Å². The van der Waals surface area contributed by atoms with E-state index in [1.165, 1.54) is 17.5 Å². The Morgan fingerprint density at radius 3 is 2.93 bits per heavy atom. The van der Waals surface area contributed by atoms with E-state index in [0.29, 0.717) is 12.1 Å². The SMILES string of the molecule is Cl.c1ccc([C@@H]2NCCC[C@@H]2NCc2cc(-n3cnnn3)cc3c2OCC3)cc1. The second-order valence-corrected chi connectivity index (χ2v) is 7.42. The molecule has 8 heteroatoms. The molecule has 0 amide bonds. The Morgan fingerprint density at radius 2 is 2.10 bits per heavy atom. The number of ether oxygens (including phenoxy) is 1. The first-order valence-corrected chi connectivity index (χ1v) is 9.92. The van der Waals surface area contributed by atoms with Gasteiger partial charge in [0.2, 0.25) is 0 Å². The van der Waals surface area contributed by atoms with Gasteiger partial charge in [-0.2, -0.15) is 0 Å². The maximum Gasteiger partial charge on any atom is 0.143 e. The molecule has 0 saturated carbocycles. The highest BCUT2D eigenvalue weighted by atomic mass is 35.5. The fraction of sp³-hybridized carbons (Fsp3) is 0.381. The second-order valence-electron chi connectivity index (χ2n) is 7.42. The second kappa shape index (κ2) is 8.90. The van der Waals surface area contributed by atoms with Crippen molar-refractivity contribution in [3.8, 4) is 11.4 Å². The summed E-state index contributed by atoms with van der Waals surface area (Å²) in [6.45, 7) is 2.55. The highest BCUT2D eigenvalue weighted by molar-refractivity contribution is 5.85. The van der Waals surface area contributed by atoms with E-state index >= 15 is 0 Å². The third kappa shape index (κ3) is 4.12. The molecule has 3 heterocycles. The van der Waals surface area contributed by atoms with Crippen LogP contribution in [0.1, 0.15) is 35.6 Å². The molecule has 1 aromatic heterocycles. The molecule has 2 aliphatic rings. The van der Waals surface area contributed by atoms with Crippen molar-refractivity contribution in [3.05, 3.63) is 65.5 Å². The van der Waals surface area contributed by atoms with Crippen LogP contribution in [0.2, 0.25) is 0 Å². The Morgan fingerprint density at radius 1 is 1.21 bits per heavy atom. The van der Waals surface area contributed by atoms with E-state index in [2.05, 4.69) is 68.6 Å². The van der Waals surface area contributed by atoms with Gasteiger partial charge < -0.3 is 15.4 Å². The van der Waals surface area contributed by atoms with Gasteiger partial charge in [0, 0.05) is 30.6 Å². The lowest BCUT2D eigenvalue weighted by atomic mass is 9.92. The molecule has 0 bridgehead atoms. The largest absolute Gasteiger partial charge is 0.493 e. The first kappa shape index (κ1) is 19.8. The molecule has 2 aromatic carbocycles. The molecule has 3 aromatic rings. The number of halogens is 1. The number of nitrogens with zero attached hydrogens (tertiary/aromatic N) is 4. The summed E-state index contributed by atoms with van der Waals surface area (Å²) in [6, 6.07) is 15.7. The number of hydrogen-bond acceptors (Lipinski definition) is 6. The lowest BCUT2D eigenvalue weighted by Crippen LogP contribution is -2.45. The van der Waals surface area contributed by atoms with E-state index in [4.69, 9.17) is 4.74 Å². The summed E-state index contributed by atoms with van der Waals surface area (Å²) < 4.78 is 7.64. The summed E-state index contributed by atoms with van der Waals surface area (Å²) in [5.41, 5.74) is 4.71. The predicted octanol–water partition coefficient (Wildman–Crippen LogP) is 2.60. The van der Waals surface area contributed by atoms with Crippen LogP contribution in [0.3, 0.4) is 0 Å². The topological polar surface area (TPSA) is 76.9 Å². The molecule has 5 rings (SSSR count). The number of nitrogens with one attached hydrogen (secondary N) is 2. The molecule has 0 spiro atoms. The quantitative estimate of drug-likeness (QED) is 0.670. The normalized spacial score (nSPS) is 20.6. The molecule has 2 atom stereocenters. The fourth-order valence-corrected chi connectivity index (χ4v) is 4.27. The summed E-state index contributed by atoms with van der Waals surface area (Å²) in [4.78, 5) is 0. The lowest BCUT2D eigenvalue weighted by Gasteiger charge is -2.34. The number of hydrogen-bond donors (Lipinski definition) is 2. The molecule has 0 unspecified atom stereocenters. The minimum absolute atomic E-state index is 0. The molecule has 1 saturated heterocycles. The van der Waals surface area contributed by atoms with E-state index in [1.807, 2.05) is 0 Å². The zero-order chi connectivity index (χ0) is 18.8. The summed E-state index contributed by atoms with van der Waals surface area (Å²) in [7, 11) is 0. The average Bonchev–Trinajstić information content (AvgIpc) is 3.44. The molecular formula is C21H25ClN6O. The number of fused-ring (bicyclic) bond motifs is 1. The average molecular weight is 413 g/mol. The molecule has 2 aliphatic heterocycles. The van der Waals surface area contributed by atoms with E-state index in [-0.39, 0.29) is 12.4 Å².